The minimum Gasteiger partial charge on any atom is -0.405 e. The van der Waals surface area contributed by atoms with Crippen molar-refractivity contribution in [2.24, 2.45) is 23.5 Å². The van der Waals surface area contributed by atoms with Crippen molar-refractivity contribution in [3.63, 3.8) is 0 Å². The molecule has 0 radical (unpaired) electrons. The summed E-state index contributed by atoms with van der Waals surface area (Å²) in [5.74, 6) is 0.0624. The zero-order valence-electron chi connectivity index (χ0n) is 17.4. The topological polar surface area (TPSA) is 159 Å². The predicted molar refractivity (Wildman–Crippen MR) is 129 cm³/mol. The fourth-order valence-electron chi connectivity index (χ4n) is 3.67. The Kier molecular flexibility index (Phi) is 5.45. The number of benzene rings is 1. The third-order valence-electron chi connectivity index (χ3n) is 5.23. The van der Waals surface area contributed by atoms with Crippen molar-refractivity contribution in [3.05, 3.63) is 64.4 Å². The lowest BCUT2D eigenvalue weighted by Gasteiger charge is -2.10. The molecule has 1 amide bonds. The van der Waals surface area contributed by atoms with Crippen LogP contribution in [0.2, 0.25) is 0 Å². The lowest BCUT2D eigenvalue weighted by molar-refractivity contribution is 0.0943. The number of para-hydroxylation sites is 1. The number of carbonyl (C=O) groups excluding carboxylic acids is 1. The van der Waals surface area contributed by atoms with Crippen LogP contribution in [0.3, 0.4) is 0 Å². The molecule has 0 aliphatic carbocycles. The molecule has 0 saturated carbocycles. The van der Waals surface area contributed by atoms with Crippen LogP contribution in [-0.2, 0) is 20.0 Å². The maximum absolute atomic E-state index is 13.1. The fraction of sp³-hybridized carbons (Fsp3) is 0.136. The van der Waals surface area contributed by atoms with Gasteiger partial charge in [-0.15, -0.1) is 11.3 Å². The summed E-state index contributed by atoms with van der Waals surface area (Å²) >= 11 is 1.37. The molecule has 10 heteroatoms. The number of amides is 1. The van der Waals surface area contributed by atoms with E-state index in [9.17, 15) is 4.79 Å². The minimum atomic E-state index is -0.317. The van der Waals surface area contributed by atoms with Crippen LogP contribution in [0.5, 0.6) is 0 Å². The van der Waals surface area contributed by atoms with Gasteiger partial charge in [0.25, 0.3) is 5.91 Å². The van der Waals surface area contributed by atoms with Gasteiger partial charge in [-0.05, 0) is 17.8 Å². The molecule has 3 heterocycles. The van der Waals surface area contributed by atoms with Gasteiger partial charge in [0, 0.05) is 48.6 Å². The summed E-state index contributed by atoms with van der Waals surface area (Å²) in [6, 6.07) is 5.66. The van der Waals surface area contributed by atoms with E-state index in [1.54, 1.807) is 11.6 Å². The van der Waals surface area contributed by atoms with Crippen molar-refractivity contribution in [1.29, 1.82) is 10.8 Å². The highest BCUT2D eigenvalue weighted by Gasteiger charge is 2.24. The van der Waals surface area contributed by atoms with E-state index in [-0.39, 0.29) is 12.5 Å². The first-order valence-corrected chi connectivity index (χ1v) is 10.6. The normalized spacial score (nSPS) is 12.9. The van der Waals surface area contributed by atoms with E-state index in [1.807, 2.05) is 18.2 Å². The highest BCUT2D eigenvalue weighted by molar-refractivity contribution is 7.19. The Labute approximate surface area is 188 Å². The van der Waals surface area contributed by atoms with Crippen molar-refractivity contribution in [2.45, 2.75) is 13.0 Å². The molecule has 1 aliphatic rings. The number of aromatic nitrogens is 2. The van der Waals surface area contributed by atoms with Crippen LogP contribution in [0, 0.1) is 10.8 Å². The Hall–Kier alpha value is -4.05. The number of nitrogens with zero attached hydrogens (tertiary/aromatic N) is 3. The second kappa shape index (κ2) is 8.23. The Bertz CT molecular complexity index is 1360. The summed E-state index contributed by atoms with van der Waals surface area (Å²) < 4.78 is 2.42. The third kappa shape index (κ3) is 3.50. The fourth-order valence-corrected chi connectivity index (χ4v) is 4.80. The number of carbonyl (C=O) groups is 1. The number of hydrogen-bond acceptors (Lipinski definition) is 8. The number of aryl methyl sites for hydroxylation is 1. The van der Waals surface area contributed by atoms with Gasteiger partial charge in [0.15, 0.2) is 5.65 Å². The van der Waals surface area contributed by atoms with E-state index in [0.717, 1.165) is 26.5 Å². The molecule has 1 aliphatic heterocycles. The number of amidine groups is 1. The van der Waals surface area contributed by atoms with E-state index in [1.165, 1.54) is 29.8 Å². The number of hydrogen-bond donors (Lipinski definition) is 5. The van der Waals surface area contributed by atoms with Crippen molar-refractivity contribution in [2.75, 3.05) is 0 Å². The first kappa shape index (κ1) is 21.2. The van der Waals surface area contributed by atoms with Gasteiger partial charge in [-0.1, -0.05) is 24.8 Å². The predicted octanol–water partition coefficient (Wildman–Crippen LogP) is 2.61. The van der Waals surface area contributed by atoms with Gasteiger partial charge in [-0.2, -0.15) is 0 Å². The number of nitrogens with one attached hydrogen (secondary N) is 3. The SMILES string of the molecule is C=C1C(N)=Nc2c(CNC(=O)c3c(C=N)c4sc(CC(=N)/C=C\N)nc4n3C)cccc21. The summed E-state index contributed by atoms with van der Waals surface area (Å²) in [7, 11) is 1.74. The van der Waals surface area contributed by atoms with Gasteiger partial charge < -0.3 is 32.2 Å². The van der Waals surface area contributed by atoms with Crippen LogP contribution in [0.15, 0.2) is 42.0 Å². The summed E-state index contributed by atoms with van der Waals surface area (Å²) in [6.45, 7) is 4.20. The van der Waals surface area contributed by atoms with Gasteiger partial charge in [-0.3, -0.25) is 4.79 Å². The number of fused-ring (bicyclic) bond motifs is 2. The van der Waals surface area contributed by atoms with Crippen LogP contribution in [0.1, 0.15) is 32.2 Å². The quantitative estimate of drug-likeness (QED) is 0.353. The molecule has 0 unspecified atom stereocenters. The Morgan fingerprint density at radius 2 is 2.19 bits per heavy atom. The van der Waals surface area contributed by atoms with Gasteiger partial charge in [-0.25, -0.2) is 9.98 Å². The molecule has 0 fully saturated rings. The molecule has 0 spiro atoms. The number of aliphatic imine (C=N–C) groups is 1. The molecule has 9 nitrogen and oxygen atoms in total. The number of allylic oxidation sites excluding steroid dienone is 1. The Morgan fingerprint density at radius 1 is 1.41 bits per heavy atom. The first-order chi connectivity index (χ1) is 15.3. The van der Waals surface area contributed by atoms with Crippen LogP contribution in [0.25, 0.3) is 15.9 Å². The van der Waals surface area contributed by atoms with E-state index in [2.05, 4.69) is 21.9 Å². The van der Waals surface area contributed by atoms with Crippen molar-refractivity contribution in [1.82, 2.24) is 14.9 Å². The Balaban J connectivity index is 1.60. The molecule has 2 aromatic heterocycles. The van der Waals surface area contributed by atoms with E-state index in [0.29, 0.717) is 40.4 Å². The standard InChI is InChI=1S/C22H22N8OS/c1-11-14-5-3-4-12(17(14)29-20(11)26)10-27-22(31)18-15(9-24)19-21(30(18)2)28-16(32-19)8-13(25)6-7-23/h3-7,9,24-25H,1,8,10,23H2,2H3,(H2,26,29)(H,27,31)/b7-6-,24-9?,25-13?. The third-order valence-corrected chi connectivity index (χ3v) is 6.31. The summed E-state index contributed by atoms with van der Waals surface area (Å²) in [5.41, 5.74) is 16.1. The van der Waals surface area contributed by atoms with Crippen LogP contribution in [-0.4, -0.2) is 33.2 Å². The van der Waals surface area contributed by atoms with Crippen molar-refractivity contribution >= 4 is 56.6 Å². The maximum atomic E-state index is 13.1. The molecule has 4 rings (SSSR count). The van der Waals surface area contributed by atoms with E-state index in [4.69, 9.17) is 22.3 Å². The molecule has 0 saturated heterocycles. The zero-order valence-corrected chi connectivity index (χ0v) is 18.2. The van der Waals surface area contributed by atoms with Gasteiger partial charge >= 0.3 is 0 Å². The van der Waals surface area contributed by atoms with Gasteiger partial charge in [0.1, 0.15) is 16.5 Å². The van der Waals surface area contributed by atoms with Crippen molar-refractivity contribution < 1.29 is 4.79 Å². The summed E-state index contributed by atoms with van der Waals surface area (Å²) in [5, 5.41) is 19.4. The van der Waals surface area contributed by atoms with Crippen LogP contribution >= 0.6 is 11.3 Å². The minimum absolute atomic E-state index is 0.254. The van der Waals surface area contributed by atoms with E-state index < -0.39 is 0 Å². The second-order valence-electron chi connectivity index (χ2n) is 7.26. The first-order valence-electron chi connectivity index (χ1n) is 9.73. The molecule has 32 heavy (non-hydrogen) atoms. The van der Waals surface area contributed by atoms with Gasteiger partial charge in [0.05, 0.1) is 10.4 Å². The highest BCUT2D eigenvalue weighted by atomic mass is 32.1. The van der Waals surface area contributed by atoms with E-state index >= 15 is 0 Å². The lowest BCUT2D eigenvalue weighted by Crippen LogP contribution is -2.26. The molecule has 1 aromatic carbocycles. The maximum Gasteiger partial charge on any atom is 0.268 e. The largest absolute Gasteiger partial charge is 0.405 e. The smallest absolute Gasteiger partial charge is 0.268 e. The van der Waals surface area contributed by atoms with Crippen LogP contribution in [0.4, 0.5) is 5.69 Å². The van der Waals surface area contributed by atoms with Crippen LogP contribution < -0.4 is 16.8 Å². The molecule has 162 valence electrons. The van der Waals surface area contributed by atoms with Crippen molar-refractivity contribution in [3.8, 4) is 0 Å². The molecule has 7 N–H and O–H groups in total. The highest BCUT2D eigenvalue weighted by Crippen LogP contribution is 2.35. The number of nitrogens with two attached hydrogens (primary N) is 2. The number of thiazole rings is 1. The zero-order chi connectivity index (χ0) is 23.0. The molecule has 3 aromatic rings. The molecule has 0 atom stereocenters. The monoisotopic (exact) mass is 446 g/mol. The average molecular weight is 447 g/mol. The lowest BCUT2D eigenvalue weighted by atomic mass is 10.0. The molecular weight excluding hydrogens is 424 g/mol. The number of rotatable bonds is 7. The second-order valence-corrected chi connectivity index (χ2v) is 8.34. The molecular formula is C22H22N8OS. The average Bonchev–Trinajstić information content (AvgIpc) is 3.38. The van der Waals surface area contributed by atoms with Gasteiger partial charge in [0.2, 0.25) is 0 Å². The summed E-state index contributed by atoms with van der Waals surface area (Å²) in [6.07, 6.45) is 4.33. The Morgan fingerprint density at radius 3 is 2.91 bits per heavy atom. The summed E-state index contributed by atoms with van der Waals surface area (Å²) in [4.78, 5) is 22.0. The molecule has 0 bridgehead atoms.